The van der Waals surface area contributed by atoms with Crippen LogP contribution in [0.4, 0.5) is 0 Å². The highest BCUT2D eigenvalue weighted by atomic mass is 32.2. The van der Waals surface area contributed by atoms with E-state index in [2.05, 4.69) is 204 Å². The zero-order valence-corrected chi connectivity index (χ0v) is 43.6. The number of thioether (sulfide) groups is 2. The molecule has 0 aliphatic carbocycles. The second-order valence-electron chi connectivity index (χ2n) is 14.5. The molecule has 0 bridgehead atoms. The van der Waals surface area contributed by atoms with Gasteiger partial charge in [-0.15, -0.1) is 23.5 Å². The van der Waals surface area contributed by atoms with Gasteiger partial charge in [0, 0.05) is 80.2 Å². The van der Waals surface area contributed by atoms with Crippen molar-refractivity contribution in [3.05, 3.63) is 219 Å². The fraction of sp³-hybridized carbons (Fsp3) is 0.394. The Morgan fingerprint density at radius 3 is 0.847 bits per heavy atom. The maximum atomic E-state index is 12.9. The van der Waals surface area contributed by atoms with Crippen LogP contribution < -0.4 is 0 Å². The van der Waals surface area contributed by atoms with Crippen LogP contribution in [0.25, 0.3) is 0 Å². The van der Waals surface area contributed by atoms with Crippen molar-refractivity contribution in [2.45, 2.75) is 142 Å². The van der Waals surface area contributed by atoms with Crippen LogP contribution >= 0.6 is 23.5 Å². The van der Waals surface area contributed by atoms with Crippen LogP contribution in [0.2, 0.25) is 0 Å². The number of carbonyl (C=O) groups excluding carboxylic acids is 2. The minimum Gasteiger partial charge on any atom is -0.457 e. The molecule has 0 amide bonds. The maximum absolute atomic E-state index is 12.9. The molecule has 0 aliphatic heterocycles. The van der Waals surface area contributed by atoms with Crippen LogP contribution in [0.1, 0.15) is 142 Å². The van der Waals surface area contributed by atoms with Crippen LogP contribution in [0.15, 0.2) is 219 Å². The number of esters is 2. The first-order valence-corrected chi connectivity index (χ1v) is 26.3. The molecule has 0 aromatic heterocycles. The monoisotopic (exact) mass is 980 g/mol. The van der Waals surface area contributed by atoms with Gasteiger partial charge in [0.15, 0.2) is 5.57 Å². The molecule has 0 radical (unpaired) electrons. The summed E-state index contributed by atoms with van der Waals surface area (Å²) < 4.78 is 10.6. The topological polar surface area (TPSA) is 52.6 Å². The van der Waals surface area contributed by atoms with Gasteiger partial charge in [-0.2, -0.15) is 0 Å². The highest BCUT2D eigenvalue weighted by molar-refractivity contribution is 8.02. The van der Waals surface area contributed by atoms with Gasteiger partial charge in [-0.3, -0.25) is 0 Å². The third kappa shape index (κ3) is 51.2. The molecule has 0 unspecified atom stereocenters. The average Bonchev–Trinajstić information content (AvgIpc) is 3.38. The lowest BCUT2D eigenvalue weighted by molar-refractivity contribution is -0.145. The Balaban J connectivity index is 5.86. The molecule has 4 nitrogen and oxygen atoms in total. The Bertz CT molecular complexity index is 3060. The maximum Gasteiger partial charge on any atom is 0.354 e. The zero-order valence-electron chi connectivity index (χ0n) is 41.9. The van der Waals surface area contributed by atoms with Gasteiger partial charge in [0.2, 0.25) is 0 Å². The quantitative estimate of drug-likeness (QED) is 0.0179. The van der Waals surface area contributed by atoms with Gasteiger partial charge in [-0.25, -0.2) is 9.59 Å². The molecule has 0 rings (SSSR count). The molecule has 0 fully saturated rings. The van der Waals surface area contributed by atoms with E-state index < -0.39 is 17.5 Å². The molecular formula is C66H60O4S2. The molecule has 0 atom stereocenters. The van der Waals surface area contributed by atoms with E-state index in [1.54, 1.807) is 35.7 Å². The van der Waals surface area contributed by atoms with Crippen molar-refractivity contribution in [2.24, 2.45) is 0 Å². The first-order chi connectivity index (χ1) is 35.7. The lowest BCUT2D eigenvalue weighted by Gasteiger charge is -2.04. The molecule has 6 heteroatoms. The van der Waals surface area contributed by atoms with Crippen LogP contribution in [0, 0.1) is 0 Å². The summed E-state index contributed by atoms with van der Waals surface area (Å²) in [7, 11) is 0. The molecular weight excluding hydrogens is 921 g/mol. The largest absolute Gasteiger partial charge is 0.457 e. The van der Waals surface area contributed by atoms with Gasteiger partial charge in [-0.1, -0.05) is 135 Å². The van der Waals surface area contributed by atoms with Crippen molar-refractivity contribution in [3.8, 4) is 0 Å². The van der Waals surface area contributed by atoms with E-state index in [0.29, 0.717) is 0 Å². The number of carbonyl (C=O) groups is 2. The number of rotatable bonds is 30. The molecule has 0 spiro atoms. The fourth-order valence-electron chi connectivity index (χ4n) is 5.29. The van der Waals surface area contributed by atoms with E-state index in [0.717, 1.165) is 24.3 Å². The van der Waals surface area contributed by atoms with Crippen LogP contribution in [-0.2, 0) is 19.1 Å². The SMILES string of the molecule is C=C=C=C=C=C=C=C=C=C=C=C=C=C=C=C=C=C=C=C=C=C=C=C=C=C=C=C=C=C=C=C=C=C(C(=O)OC/C=C/SCCCCCCCCCCCC)C(=O)OC/C=C/SCCCCCCCCCCCC. The predicted octanol–water partition coefficient (Wildman–Crippen LogP) is 15.9. The van der Waals surface area contributed by atoms with Crippen molar-refractivity contribution >= 4 is 35.5 Å². The van der Waals surface area contributed by atoms with E-state index in [-0.39, 0.29) is 13.2 Å². The standard InChI is InChI=1S/C66H60O4S2/c1-4-7-10-13-16-19-22-23-24-25-26-27-28-29-30-31-32-33-34-35-36-37-38-39-40-41-42-43-46-49-52-57-64(65(67)69-58-55-62-71-60-53-50-47-44-20-17-14-11-8-5-2)66(68)70-59-56-63-72-61-54-51-48-45-21-18-15-12-9-6-3/h55-56,62-63H,1,5-6,8-9,11-12,14-15,17-18,20-21,44-45,47-48,50-51,53-54,58-61H2,2-3H3/b62-55+,63-56+. The number of hydrogen-bond donors (Lipinski definition) is 0. The molecule has 0 saturated heterocycles. The molecule has 360 valence electrons. The van der Waals surface area contributed by atoms with Crippen LogP contribution in [0.3, 0.4) is 0 Å². The van der Waals surface area contributed by atoms with Crippen molar-refractivity contribution in [2.75, 3.05) is 24.7 Å². The van der Waals surface area contributed by atoms with Crippen molar-refractivity contribution in [1.29, 1.82) is 0 Å². The summed E-state index contributed by atoms with van der Waals surface area (Å²) in [4.78, 5) is 25.8. The third-order valence-corrected chi connectivity index (χ3v) is 10.6. The molecule has 0 saturated carbocycles. The van der Waals surface area contributed by atoms with Crippen LogP contribution in [-0.4, -0.2) is 36.7 Å². The first-order valence-electron chi connectivity index (χ1n) is 24.2. The molecule has 0 aliphatic rings. The number of hydrogen-bond acceptors (Lipinski definition) is 6. The summed E-state index contributed by atoms with van der Waals surface area (Å²) in [5.41, 5.74) is 79.6. The lowest BCUT2D eigenvalue weighted by Crippen LogP contribution is -2.18. The summed E-state index contributed by atoms with van der Waals surface area (Å²) in [6.07, 6.45) is 29.4. The molecule has 0 heterocycles. The Labute approximate surface area is 437 Å². The van der Waals surface area contributed by atoms with Gasteiger partial charge in [0.05, 0.1) is 0 Å². The van der Waals surface area contributed by atoms with E-state index in [1.165, 1.54) is 116 Å². The fourth-order valence-corrected chi connectivity index (χ4v) is 6.73. The van der Waals surface area contributed by atoms with Gasteiger partial charge in [-0.05, 0) is 151 Å². The minimum absolute atomic E-state index is 0.00440. The molecule has 72 heavy (non-hydrogen) atoms. The normalized spacial score (nSPS) is 8.14. The third-order valence-electron chi connectivity index (χ3n) is 8.73. The summed E-state index contributed by atoms with van der Waals surface area (Å²) in [5.74, 6) is 0.227. The minimum atomic E-state index is -0.886. The Kier molecular flexibility index (Phi) is 50.6. The Hall–Kier alpha value is -8.18. The van der Waals surface area contributed by atoms with Crippen molar-refractivity contribution in [1.82, 2.24) is 0 Å². The van der Waals surface area contributed by atoms with Crippen LogP contribution in [0.5, 0.6) is 0 Å². The summed E-state index contributed by atoms with van der Waals surface area (Å²) in [6, 6.07) is 0. The van der Waals surface area contributed by atoms with Crippen molar-refractivity contribution in [3.63, 3.8) is 0 Å². The average molecular weight is 981 g/mol. The van der Waals surface area contributed by atoms with Gasteiger partial charge < -0.3 is 9.47 Å². The first kappa shape index (κ1) is 63.8. The Morgan fingerprint density at radius 2 is 0.583 bits per heavy atom. The molecule has 0 N–H and O–H groups in total. The predicted molar refractivity (Wildman–Crippen MR) is 290 cm³/mol. The number of ether oxygens (including phenoxy) is 2. The second kappa shape index (κ2) is 57.1. The van der Waals surface area contributed by atoms with E-state index in [9.17, 15) is 9.59 Å². The van der Waals surface area contributed by atoms with Gasteiger partial charge >= 0.3 is 11.9 Å². The smallest absolute Gasteiger partial charge is 0.354 e. The van der Waals surface area contributed by atoms with E-state index in [4.69, 9.17) is 9.47 Å². The highest BCUT2D eigenvalue weighted by Crippen LogP contribution is 2.14. The molecule has 0 aromatic carbocycles. The zero-order chi connectivity index (χ0) is 52.0. The summed E-state index contributed by atoms with van der Waals surface area (Å²) in [5, 5.41) is 3.83. The molecule has 0 aromatic rings. The summed E-state index contributed by atoms with van der Waals surface area (Å²) >= 11 is 3.35. The highest BCUT2D eigenvalue weighted by Gasteiger charge is 2.21. The lowest BCUT2D eigenvalue weighted by atomic mass is 10.1. The number of unbranched alkanes of at least 4 members (excludes halogenated alkanes) is 18. The van der Waals surface area contributed by atoms with Gasteiger partial charge in [0.1, 0.15) is 13.2 Å². The van der Waals surface area contributed by atoms with Gasteiger partial charge in [0.25, 0.3) is 0 Å². The second-order valence-corrected chi connectivity index (χ2v) is 16.5. The van der Waals surface area contributed by atoms with Crippen molar-refractivity contribution < 1.29 is 19.1 Å². The Morgan fingerprint density at radius 1 is 0.347 bits per heavy atom. The summed E-state index contributed by atoms with van der Waals surface area (Å²) in [6.45, 7) is 7.81. The van der Waals surface area contributed by atoms with E-state index in [1.807, 2.05) is 10.8 Å². The van der Waals surface area contributed by atoms with E-state index >= 15 is 0 Å².